The first-order chi connectivity index (χ1) is 11.8. The molecule has 0 atom stereocenters. The molecule has 0 saturated heterocycles. The summed E-state index contributed by atoms with van der Waals surface area (Å²) in [6.07, 6.45) is -0.474. The molecule has 1 amide bonds. The number of amides is 1. The van der Waals surface area contributed by atoms with Gasteiger partial charge in [0.2, 0.25) is 0 Å². The lowest BCUT2D eigenvalue weighted by molar-refractivity contribution is 0.0636. The van der Waals surface area contributed by atoms with Crippen LogP contribution in [0.15, 0.2) is 35.7 Å². The van der Waals surface area contributed by atoms with Crippen molar-refractivity contribution in [3.63, 3.8) is 0 Å². The van der Waals surface area contributed by atoms with E-state index in [0.717, 1.165) is 29.4 Å². The Morgan fingerprint density at radius 1 is 1.20 bits per heavy atom. The Bertz CT molecular complexity index is 678. The van der Waals surface area contributed by atoms with Gasteiger partial charge in [0.05, 0.1) is 0 Å². The average molecular weight is 363 g/mol. The summed E-state index contributed by atoms with van der Waals surface area (Å²) in [6, 6.07) is 9.08. The Hall–Kier alpha value is -2.25. The van der Waals surface area contributed by atoms with Crippen LogP contribution < -0.4 is 21.1 Å². The van der Waals surface area contributed by atoms with E-state index in [2.05, 4.69) is 10.6 Å². The average Bonchev–Trinajstić information content (AvgIpc) is 2.92. The van der Waals surface area contributed by atoms with Crippen molar-refractivity contribution in [1.29, 1.82) is 0 Å². The van der Waals surface area contributed by atoms with Crippen molar-refractivity contribution in [2.45, 2.75) is 32.9 Å². The van der Waals surface area contributed by atoms with Gasteiger partial charge in [-0.15, -0.1) is 11.3 Å². The molecule has 0 fully saturated rings. The van der Waals surface area contributed by atoms with Crippen LogP contribution in [0.5, 0.6) is 5.75 Å². The molecule has 0 aliphatic heterocycles. The van der Waals surface area contributed by atoms with Gasteiger partial charge in [0, 0.05) is 29.3 Å². The molecule has 0 saturated carbocycles. The van der Waals surface area contributed by atoms with Crippen LogP contribution in [0.25, 0.3) is 0 Å². The molecule has 2 aromatic rings. The van der Waals surface area contributed by atoms with Crippen molar-refractivity contribution in [1.82, 2.24) is 5.32 Å². The highest BCUT2D eigenvalue weighted by molar-refractivity contribution is 7.10. The second-order valence-corrected chi connectivity index (χ2v) is 7.48. The van der Waals surface area contributed by atoms with Crippen molar-refractivity contribution in [2.24, 2.45) is 0 Å². The molecule has 6 nitrogen and oxygen atoms in total. The monoisotopic (exact) mass is 363 g/mol. The molecule has 0 unspecified atom stereocenters. The highest BCUT2D eigenvalue weighted by Gasteiger charge is 2.16. The van der Waals surface area contributed by atoms with E-state index in [-0.39, 0.29) is 0 Å². The number of hydrogen-bond donors (Lipinski definition) is 3. The molecule has 0 aliphatic carbocycles. The van der Waals surface area contributed by atoms with E-state index in [1.165, 1.54) is 0 Å². The fraction of sp³-hybridized carbons (Fsp3) is 0.389. The van der Waals surface area contributed by atoms with Gasteiger partial charge in [-0.05, 0) is 56.5 Å². The fourth-order valence-electron chi connectivity index (χ4n) is 1.99. The first kappa shape index (κ1) is 19.1. The summed E-state index contributed by atoms with van der Waals surface area (Å²) in [6.45, 7) is 7.48. The number of rotatable bonds is 7. The molecule has 25 heavy (non-hydrogen) atoms. The number of carbonyl (C=O) groups excluding carboxylic acids is 1. The van der Waals surface area contributed by atoms with E-state index in [4.69, 9.17) is 15.2 Å². The molecule has 7 heteroatoms. The number of thiophene rings is 1. The van der Waals surface area contributed by atoms with Crippen molar-refractivity contribution < 1.29 is 14.3 Å². The predicted octanol–water partition coefficient (Wildman–Crippen LogP) is 3.85. The standard InChI is InChI=1S/C18H25N3O3S/c1-18(2,3)24-17(22)21-13-4-6-14(7-5-13)23-10-9-20-12-16-15(19)8-11-25-16/h4-8,11,20H,9-10,12,19H2,1-3H3,(H,21,22). The van der Waals surface area contributed by atoms with Crippen LogP contribution in [-0.2, 0) is 11.3 Å². The maximum atomic E-state index is 11.7. The normalized spacial score (nSPS) is 11.2. The SMILES string of the molecule is CC(C)(C)OC(=O)Nc1ccc(OCCNCc2sccc2N)cc1. The van der Waals surface area contributed by atoms with Gasteiger partial charge in [-0.3, -0.25) is 5.32 Å². The number of nitrogens with two attached hydrogens (primary N) is 1. The van der Waals surface area contributed by atoms with Crippen LogP contribution >= 0.6 is 11.3 Å². The van der Waals surface area contributed by atoms with Crippen LogP contribution in [0.3, 0.4) is 0 Å². The second kappa shape index (κ2) is 8.73. The van der Waals surface area contributed by atoms with Gasteiger partial charge in [0.25, 0.3) is 0 Å². The first-order valence-electron chi connectivity index (χ1n) is 8.09. The molecule has 136 valence electrons. The Kier molecular flexibility index (Phi) is 6.66. The second-order valence-electron chi connectivity index (χ2n) is 6.48. The van der Waals surface area contributed by atoms with Gasteiger partial charge in [-0.1, -0.05) is 0 Å². The third kappa shape index (κ3) is 7.03. The van der Waals surface area contributed by atoms with E-state index >= 15 is 0 Å². The van der Waals surface area contributed by atoms with Crippen molar-refractivity contribution in [2.75, 3.05) is 24.2 Å². The van der Waals surface area contributed by atoms with E-state index in [9.17, 15) is 4.79 Å². The highest BCUT2D eigenvalue weighted by atomic mass is 32.1. The van der Waals surface area contributed by atoms with Crippen molar-refractivity contribution >= 4 is 28.8 Å². The lowest BCUT2D eigenvalue weighted by Gasteiger charge is -2.19. The van der Waals surface area contributed by atoms with E-state index < -0.39 is 11.7 Å². The molecule has 1 aromatic carbocycles. The zero-order chi connectivity index (χ0) is 18.3. The Morgan fingerprint density at radius 3 is 2.52 bits per heavy atom. The molecule has 4 N–H and O–H groups in total. The third-order valence-electron chi connectivity index (χ3n) is 3.11. The lowest BCUT2D eigenvalue weighted by Crippen LogP contribution is -2.27. The van der Waals surface area contributed by atoms with Gasteiger partial charge in [0.1, 0.15) is 18.0 Å². The molecule has 0 bridgehead atoms. The van der Waals surface area contributed by atoms with Crippen LogP contribution in [0.1, 0.15) is 25.6 Å². The zero-order valence-corrected chi connectivity index (χ0v) is 15.6. The topological polar surface area (TPSA) is 85.6 Å². The molecular weight excluding hydrogens is 338 g/mol. The van der Waals surface area contributed by atoms with Crippen LogP contribution in [0.2, 0.25) is 0 Å². The van der Waals surface area contributed by atoms with Crippen LogP contribution in [-0.4, -0.2) is 24.8 Å². The molecule has 0 radical (unpaired) electrons. The number of nitrogen functional groups attached to an aromatic ring is 1. The smallest absolute Gasteiger partial charge is 0.412 e. The van der Waals surface area contributed by atoms with E-state index in [1.807, 2.05) is 44.4 Å². The summed E-state index contributed by atoms with van der Waals surface area (Å²) in [5.41, 5.74) is 6.79. The minimum Gasteiger partial charge on any atom is -0.492 e. The maximum absolute atomic E-state index is 11.7. The van der Waals surface area contributed by atoms with Crippen molar-refractivity contribution in [3.05, 3.63) is 40.6 Å². The minimum absolute atomic E-state index is 0.474. The Balaban J connectivity index is 1.68. The van der Waals surface area contributed by atoms with Gasteiger partial charge in [-0.25, -0.2) is 4.79 Å². The van der Waals surface area contributed by atoms with Gasteiger partial charge in [0.15, 0.2) is 0 Å². The van der Waals surface area contributed by atoms with Gasteiger partial charge < -0.3 is 20.5 Å². The van der Waals surface area contributed by atoms with Crippen molar-refractivity contribution in [3.8, 4) is 5.75 Å². The number of anilines is 2. The van der Waals surface area contributed by atoms with Gasteiger partial charge in [-0.2, -0.15) is 0 Å². The Morgan fingerprint density at radius 2 is 1.92 bits per heavy atom. The number of benzene rings is 1. The lowest BCUT2D eigenvalue weighted by atomic mass is 10.2. The summed E-state index contributed by atoms with van der Waals surface area (Å²) in [7, 11) is 0. The van der Waals surface area contributed by atoms with Crippen LogP contribution in [0, 0.1) is 0 Å². The minimum atomic E-state index is -0.520. The largest absolute Gasteiger partial charge is 0.492 e. The summed E-state index contributed by atoms with van der Waals surface area (Å²) in [5.74, 6) is 0.743. The number of nitrogens with one attached hydrogen (secondary N) is 2. The molecular formula is C18H25N3O3S. The molecule has 2 rings (SSSR count). The van der Waals surface area contributed by atoms with Gasteiger partial charge >= 0.3 is 6.09 Å². The van der Waals surface area contributed by atoms with Crippen LogP contribution in [0.4, 0.5) is 16.2 Å². The van der Waals surface area contributed by atoms with E-state index in [0.29, 0.717) is 12.3 Å². The Labute approximate surface area is 152 Å². The quantitative estimate of drug-likeness (QED) is 0.651. The summed E-state index contributed by atoms with van der Waals surface area (Å²) in [5, 5.41) is 7.96. The molecule has 0 aliphatic rings. The number of carbonyl (C=O) groups is 1. The predicted molar refractivity (Wildman–Crippen MR) is 102 cm³/mol. The first-order valence-corrected chi connectivity index (χ1v) is 8.97. The zero-order valence-electron chi connectivity index (χ0n) is 14.8. The highest BCUT2D eigenvalue weighted by Crippen LogP contribution is 2.18. The number of ether oxygens (including phenoxy) is 2. The molecule has 1 heterocycles. The maximum Gasteiger partial charge on any atom is 0.412 e. The third-order valence-corrected chi connectivity index (χ3v) is 4.05. The summed E-state index contributed by atoms with van der Waals surface area (Å²) >= 11 is 1.64. The molecule has 1 aromatic heterocycles. The summed E-state index contributed by atoms with van der Waals surface area (Å²) in [4.78, 5) is 12.8. The fourth-order valence-corrected chi connectivity index (χ4v) is 2.76. The summed E-state index contributed by atoms with van der Waals surface area (Å²) < 4.78 is 10.9. The van der Waals surface area contributed by atoms with E-state index in [1.54, 1.807) is 23.5 Å². The molecule has 0 spiro atoms. The number of hydrogen-bond acceptors (Lipinski definition) is 6.